The van der Waals surface area contributed by atoms with Crippen molar-refractivity contribution in [3.63, 3.8) is 0 Å². The molecule has 1 amide bonds. The largest absolute Gasteiger partial charge is 0.480 e. The number of carboxylic acid groups (broad SMARTS) is 1. The van der Waals surface area contributed by atoms with Crippen molar-refractivity contribution >= 4 is 29.2 Å². The summed E-state index contributed by atoms with van der Waals surface area (Å²) in [7, 11) is 0. The first kappa shape index (κ1) is 15.2. The van der Waals surface area contributed by atoms with Gasteiger partial charge in [-0.15, -0.1) is 0 Å². The summed E-state index contributed by atoms with van der Waals surface area (Å²) in [5, 5.41) is 20.0. The highest BCUT2D eigenvalue weighted by Gasteiger charge is 2.33. The predicted octanol–water partition coefficient (Wildman–Crippen LogP) is 2.33. The number of carbonyl (C=O) groups is 2. The van der Waals surface area contributed by atoms with E-state index in [4.69, 9.17) is 11.6 Å². The van der Waals surface area contributed by atoms with Crippen molar-refractivity contribution in [1.82, 2.24) is 4.90 Å². The summed E-state index contributed by atoms with van der Waals surface area (Å²) in [5.41, 5.74) is -0.300. The Morgan fingerprint density at radius 2 is 2.10 bits per heavy atom. The zero-order valence-corrected chi connectivity index (χ0v) is 11.7. The quantitative estimate of drug-likeness (QED) is 0.682. The number of aliphatic carboxylic acids is 1. The molecule has 1 heterocycles. The fourth-order valence-corrected chi connectivity index (χ4v) is 2.58. The summed E-state index contributed by atoms with van der Waals surface area (Å²) in [6.45, 7) is 0.300. The van der Waals surface area contributed by atoms with Gasteiger partial charge in [0.1, 0.15) is 6.04 Å². The van der Waals surface area contributed by atoms with Gasteiger partial charge in [-0.05, 0) is 25.3 Å². The number of hydrogen-bond acceptors (Lipinski definition) is 4. The SMILES string of the molecule is O=C(O)[C@H]1CCCCN1C(=O)c1cc([N+](=O)[O-])ccc1Cl. The average Bonchev–Trinajstić information content (AvgIpc) is 2.46. The van der Waals surface area contributed by atoms with E-state index in [0.717, 1.165) is 12.5 Å². The van der Waals surface area contributed by atoms with Gasteiger partial charge in [0.15, 0.2) is 0 Å². The Kier molecular flexibility index (Phi) is 4.42. The van der Waals surface area contributed by atoms with Crippen molar-refractivity contribution in [2.24, 2.45) is 0 Å². The summed E-state index contributed by atoms with van der Waals surface area (Å²) in [6.07, 6.45) is 1.79. The predicted molar refractivity (Wildman–Crippen MR) is 74.4 cm³/mol. The molecule has 21 heavy (non-hydrogen) atoms. The van der Waals surface area contributed by atoms with Gasteiger partial charge in [-0.2, -0.15) is 0 Å². The van der Waals surface area contributed by atoms with Crippen LogP contribution in [-0.2, 0) is 4.79 Å². The van der Waals surface area contributed by atoms with Crippen LogP contribution in [0, 0.1) is 10.1 Å². The van der Waals surface area contributed by atoms with E-state index in [2.05, 4.69) is 0 Å². The number of amides is 1. The molecule has 1 fully saturated rings. The number of rotatable bonds is 3. The number of nitro benzene ring substituents is 1. The van der Waals surface area contributed by atoms with E-state index < -0.39 is 22.8 Å². The molecule has 1 aromatic rings. The van der Waals surface area contributed by atoms with Gasteiger partial charge in [0, 0.05) is 18.7 Å². The van der Waals surface area contributed by atoms with Gasteiger partial charge in [0.25, 0.3) is 11.6 Å². The first-order chi connectivity index (χ1) is 9.91. The standard InChI is InChI=1S/C13H13ClN2O5/c14-10-5-4-8(16(20)21)7-9(10)12(17)15-6-2-1-3-11(15)13(18)19/h4-5,7,11H,1-3,6H2,(H,18,19)/t11-/m1/s1. The van der Waals surface area contributed by atoms with Crippen LogP contribution in [-0.4, -0.2) is 39.4 Å². The number of halogens is 1. The maximum atomic E-state index is 12.5. The van der Waals surface area contributed by atoms with Crippen LogP contribution in [0.3, 0.4) is 0 Å². The van der Waals surface area contributed by atoms with E-state index in [9.17, 15) is 24.8 Å². The number of nitro groups is 1. The van der Waals surface area contributed by atoms with Crippen molar-refractivity contribution in [3.8, 4) is 0 Å². The Labute approximate surface area is 125 Å². The van der Waals surface area contributed by atoms with Crippen LogP contribution in [0.1, 0.15) is 29.6 Å². The summed E-state index contributed by atoms with van der Waals surface area (Å²) in [4.78, 5) is 35.1. The lowest BCUT2D eigenvalue weighted by Crippen LogP contribution is -2.48. The topological polar surface area (TPSA) is 101 Å². The maximum absolute atomic E-state index is 12.5. The molecule has 0 aliphatic carbocycles. The van der Waals surface area contributed by atoms with Crippen LogP contribution in [0.2, 0.25) is 5.02 Å². The van der Waals surface area contributed by atoms with E-state index in [1.165, 1.54) is 17.0 Å². The zero-order chi connectivity index (χ0) is 15.6. The first-order valence-corrected chi connectivity index (χ1v) is 6.77. The van der Waals surface area contributed by atoms with Gasteiger partial charge in [-0.1, -0.05) is 11.6 Å². The number of hydrogen-bond donors (Lipinski definition) is 1. The van der Waals surface area contributed by atoms with Gasteiger partial charge in [-0.3, -0.25) is 14.9 Å². The molecule has 0 bridgehead atoms. The van der Waals surface area contributed by atoms with Gasteiger partial charge in [-0.25, -0.2) is 4.79 Å². The second kappa shape index (κ2) is 6.09. The van der Waals surface area contributed by atoms with Gasteiger partial charge < -0.3 is 10.0 Å². The lowest BCUT2D eigenvalue weighted by Gasteiger charge is -2.33. The van der Waals surface area contributed by atoms with Crippen molar-refractivity contribution < 1.29 is 19.6 Å². The first-order valence-electron chi connectivity index (χ1n) is 6.39. The Balaban J connectivity index is 2.36. The lowest BCUT2D eigenvalue weighted by molar-refractivity contribution is -0.384. The van der Waals surface area contributed by atoms with E-state index in [0.29, 0.717) is 19.4 Å². The fraction of sp³-hybridized carbons (Fsp3) is 0.385. The molecule has 7 nitrogen and oxygen atoms in total. The zero-order valence-electron chi connectivity index (χ0n) is 11.0. The van der Waals surface area contributed by atoms with Crippen molar-refractivity contribution in [2.75, 3.05) is 6.54 Å². The highest BCUT2D eigenvalue weighted by molar-refractivity contribution is 6.34. The third kappa shape index (κ3) is 3.13. The molecule has 0 radical (unpaired) electrons. The minimum absolute atomic E-state index is 0.0426. The van der Waals surface area contributed by atoms with Crippen LogP contribution in [0.4, 0.5) is 5.69 Å². The van der Waals surface area contributed by atoms with Gasteiger partial charge >= 0.3 is 5.97 Å². The van der Waals surface area contributed by atoms with Crippen LogP contribution < -0.4 is 0 Å². The van der Waals surface area contributed by atoms with E-state index in [-0.39, 0.29) is 16.3 Å². The minimum atomic E-state index is -1.08. The number of carboxylic acids is 1. The summed E-state index contributed by atoms with van der Waals surface area (Å²) in [6, 6.07) is 2.64. The van der Waals surface area contributed by atoms with Gasteiger partial charge in [0.05, 0.1) is 15.5 Å². The highest BCUT2D eigenvalue weighted by Crippen LogP contribution is 2.26. The fourth-order valence-electron chi connectivity index (χ4n) is 2.38. The summed E-state index contributed by atoms with van der Waals surface area (Å²) < 4.78 is 0. The summed E-state index contributed by atoms with van der Waals surface area (Å²) >= 11 is 5.92. The number of carbonyl (C=O) groups excluding carboxylic acids is 1. The monoisotopic (exact) mass is 312 g/mol. The van der Waals surface area contributed by atoms with Crippen LogP contribution in [0.25, 0.3) is 0 Å². The molecule has 8 heteroatoms. The molecular weight excluding hydrogens is 300 g/mol. The van der Waals surface area contributed by atoms with E-state index in [1.54, 1.807) is 0 Å². The molecular formula is C13H13ClN2O5. The van der Waals surface area contributed by atoms with Crippen molar-refractivity contribution in [2.45, 2.75) is 25.3 Å². The molecule has 0 spiro atoms. The van der Waals surface area contributed by atoms with Crippen LogP contribution in [0.15, 0.2) is 18.2 Å². The molecule has 1 aliphatic heterocycles. The molecule has 0 aromatic heterocycles. The number of piperidine rings is 1. The Hall–Kier alpha value is -2.15. The normalized spacial score (nSPS) is 18.3. The molecule has 1 saturated heterocycles. The summed E-state index contributed by atoms with van der Waals surface area (Å²) in [5.74, 6) is -1.67. The molecule has 2 rings (SSSR count). The third-order valence-electron chi connectivity index (χ3n) is 3.44. The Bertz CT molecular complexity index is 604. The lowest BCUT2D eigenvalue weighted by atomic mass is 10.0. The number of benzene rings is 1. The van der Waals surface area contributed by atoms with Crippen molar-refractivity contribution in [3.05, 3.63) is 38.9 Å². The number of non-ortho nitro benzene ring substituents is 1. The van der Waals surface area contributed by atoms with Gasteiger partial charge in [0.2, 0.25) is 0 Å². The van der Waals surface area contributed by atoms with Crippen molar-refractivity contribution in [1.29, 1.82) is 0 Å². The minimum Gasteiger partial charge on any atom is -0.480 e. The molecule has 1 atom stereocenters. The molecule has 1 aliphatic rings. The number of nitrogens with zero attached hydrogens (tertiary/aromatic N) is 2. The molecule has 1 N–H and O–H groups in total. The second-order valence-electron chi connectivity index (χ2n) is 4.77. The third-order valence-corrected chi connectivity index (χ3v) is 3.77. The van der Waals surface area contributed by atoms with E-state index >= 15 is 0 Å². The highest BCUT2D eigenvalue weighted by atomic mass is 35.5. The molecule has 0 saturated carbocycles. The smallest absolute Gasteiger partial charge is 0.326 e. The van der Waals surface area contributed by atoms with Crippen LogP contribution >= 0.6 is 11.6 Å². The second-order valence-corrected chi connectivity index (χ2v) is 5.18. The number of likely N-dealkylation sites (tertiary alicyclic amines) is 1. The maximum Gasteiger partial charge on any atom is 0.326 e. The molecule has 1 aromatic carbocycles. The molecule has 0 unspecified atom stereocenters. The van der Waals surface area contributed by atoms with E-state index in [1.807, 2.05) is 0 Å². The van der Waals surface area contributed by atoms with Crippen LogP contribution in [0.5, 0.6) is 0 Å². The average molecular weight is 313 g/mol. The molecule has 112 valence electrons. The Morgan fingerprint density at radius 3 is 2.71 bits per heavy atom. The Morgan fingerprint density at radius 1 is 1.38 bits per heavy atom.